The van der Waals surface area contributed by atoms with Crippen LogP contribution in [0.3, 0.4) is 0 Å². The molecule has 0 bridgehead atoms. The van der Waals surface area contributed by atoms with Crippen LogP contribution in [0.1, 0.15) is 6.92 Å². The summed E-state index contributed by atoms with van der Waals surface area (Å²) < 4.78 is 11.1. The quantitative estimate of drug-likeness (QED) is 0.581. The summed E-state index contributed by atoms with van der Waals surface area (Å²) in [7, 11) is 0. The van der Waals surface area contributed by atoms with Crippen molar-refractivity contribution >= 4 is 5.69 Å². The van der Waals surface area contributed by atoms with Crippen LogP contribution in [0.2, 0.25) is 0 Å². The lowest BCUT2D eigenvalue weighted by Crippen LogP contribution is -2.46. The highest BCUT2D eigenvalue weighted by Crippen LogP contribution is 2.23. The Hall–Kier alpha value is -1.70. The maximum atomic E-state index is 10.8. The van der Waals surface area contributed by atoms with Gasteiger partial charge < -0.3 is 9.47 Å². The van der Waals surface area contributed by atoms with Crippen LogP contribution in [0.15, 0.2) is 24.3 Å². The molecule has 0 aromatic heterocycles. The number of non-ortho nitro benzene ring substituents is 1. The molecule has 2 saturated heterocycles. The number of benzene rings is 1. The van der Waals surface area contributed by atoms with Crippen molar-refractivity contribution in [1.29, 1.82) is 0 Å². The lowest BCUT2D eigenvalue weighted by atomic mass is 10.0. The molecule has 0 N–H and O–H groups in total. The minimum Gasteiger partial charge on any atom is -0.492 e. The van der Waals surface area contributed by atoms with Gasteiger partial charge in [0.05, 0.1) is 24.2 Å². The van der Waals surface area contributed by atoms with Gasteiger partial charge in [0.15, 0.2) is 0 Å². The first-order valence-electron chi connectivity index (χ1n) is 8.55. The number of morpholine rings is 1. The van der Waals surface area contributed by atoms with Crippen LogP contribution >= 0.6 is 0 Å². The lowest BCUT2D eigenvalue weighted by Gasteiger charge is -2.34. The van der Waals surface area contributed by atoms with Gasteiger partial charge in [0.1, 0.15) is 12.4 Å². The van der Waals surface area contributed by atoms with E-state index in [0.717, 1.165) is 45.9 Å². The molecule has 0 saturated carbocycles. The Labute approximate surface area is 142 Å². The van der Waals surface area contributed by atoms with E-state index in [-0.39, 0.29) is 5.69 Å². The van der Waals surface area contributed by atoms with Gasteiger partial charge in [-0.05, 0) is 12.0 Å². The summed E-state index contributed by atoms with van der Waals surface area (Å²) in [5.41, 5.74) is 0.0645. The van der Waals surface area contributed by atoms with Crippen LogP contribution in [0.5, 0.6) is 5.75 Å². The minimum absolute atomic E-state index is 0.0645. The van der Waals surface area contributed by atoms with E-state index >= 15 is 0 Å². The van der Waals surface area contributed by atoms with E-state index in [9.17, 15) is 10.1 Å². The molecule has 0 aliphatic carbocycles. The molecule has 0 radical (unpaired) electrons. The molecule has 0 unspecified atom stereocenters. The number of nitrogens with zero attached hydrogens (tertiary/aromatic N) is 3. The standard InChI is InChI=1S/C17H25N3O4/c1-14-12-18(13-17(14)19-6-8-23-9-7-19)5-10-24-16-4-2-3-15(11-16)20(21)22/h2-4,11,14,17H,5-10,12-13H2,1H3/t14-,17-/m0/s1. The zero-order valence-corrected chi connectivity index (χ0v) is 14.1. The fraction of sp³-hybridized carbons (Fsp3) is 0.647. The predicted molar refractivity (Wildman–Crippen MR) is 90.4 cm³/mol. The van der Waals surface area contributed by atoms with E-state index < -0.39 is 4.92 Å². The number of ether oxygens (including phenoxy) is 2. The van der Waals surface area contributed by atoms with E-state index in [1.807, 2.05) is 0 Å². The molecule has 24 heavy (non-hydrogen) atoms. The Kier molecular flexibility index (Phi) is 5.65. The second kappa shape index (κ2) is 7.92. The van der Waals surface area contributed by atoms with Crippen LogP contribution in [0, 0.1) is 16.0 Å². The largest absolute Gasteiger partial charge is 0.492 e. The van der Waals surface area contributed by atoms with Crippen molar-refractivity contribution in [3.05, 3.63) is 34.4 Å². The molecule has 3 rings (SSSR count). The van der Waals surface area contributed by atoms with Gasteiger partial charge in [-0.2, -0.15) is 0 Å². The molecule has 2 fully saturated rings. The fourth-order valence-electron chi connectivity index (χ4n) is 3.59. The third kappa shape index (κ3) is 4.23. The molecule has 132 valence electrons. The summed E-state index contributed by atoms with van der Waals surface area (Å²) in [5, 5.41) is 10.8. The van der Waals surface area contributed by atoms with Crippen molar-refractivity contribution in [2.24, 2.45) is 5.92 Å². The molecule has 0 amide bonds. The summed E-state index contributed by atoms with van der Waals surface area (Å²) >= 11 is 0. The van der Waals surface area contributed by atoms with Crippen LogP contribution in [-0.4, -0.2) is 73.3 Å². The van der Waals surface area contributed by atoms with Gasteiger partial charge in [-0.1, -0.05) is 13.0 Å². The maximum Gasteiger partial charge on any atom is 0.273 e. The summed E-state index contributed by atoms with van der Waals surface area (Å²) in [6.07, 6.45) is 0. The van der Waals surface area contributed by atoms with Gasteiger partial charge in [0, 0.05) is 44.8 Å². The topological polar surface area (TPSA) is 68.1 Å². The molecule has 1 aromatic carbocycles. The first-order valence-corrected chi connectivity index (χ1v) is 8.55. The monoisotopic (exact) mass is 335 g/mol. The van der Waals surface area contributed by atoms with Crippen LogP contribution in [-0.2, 0) is 4.74 Å². The van der Waals surface area contributed by atoms with Crippen molar-refractivity contribution in [2.45, 2.75) is 13.0 Å². The molecule has 0 spiro atoms. The van der Waals surface area contributed by atoms with E-state index in [4.69, 9.17) is 9.47 Å². The number of hydrogen-bond acceptors (Lipinski definition) is 6. The van der Waals surface area contributed by atoms with Crippen molar-refractivity contribution in [3.8, 4) is 5.75 Å². The highest BCUT2D eigenvalue weighted by Gasteiger charge is 2.34. The first kappa shape index (κ1) is 17.1. The van der Waals surface area contributed by atoms with E-state index in [0.29, 0.717) is 24.3 Å². The van der Waals surface area contributed by atoms with Gasteiger partial charge in [0.2, 0.25) is 0 Å². The van der Waals surface area contributed by atoms with Crippen molar-refractivity contribution in [1.82, 2.24) is 9.80 Å². The van der Waals surface area contributed by atoms with Crippen molar-refractivity contribution < 1.29 is 14.4 Å². The van der Waals surface area contributed by atoms with Gasteiger partial charge in [0.25, 0.3) is 5.69 Å². The van der Waals surface area contributed by atoms with E-state index in [2.05, 4.69) is 16.7 Å². The number of hydrogen-bond donors (Lipinski definition) is 0. The Bertz CT molecular complexity index is 563. The Morgan fingerprint density at radius 3 is 2.88 bits per heavy atom. The van der Waals surface area contributed by atoms with Crippen LogP contribution < -0.4 is 4.74 Å². The third-order valence-corrected chi connectivity index (χ3v) is 4.87. The molecule has 7 heteroatoms. The molecule has 7 nitrogen and oxygen atoms in total. The third-order valence-electron chi connectivity index (χ3n) is 4.87. The molecule has 2 heterocycles. The predicted octanol–water partition coefficient (Wildman–Crippen LogP) is 1.63. The zero-order chi connectivity index (χ0) is 16.9. The average Bonchev–Trinajstić information content (AvgIpc) is 2.96. The number of likely N-dealkylation sites (tertiary alicyclic amines) is 1. The van der Waals surface area contributed by atoms with Crippen LogP contribution in [0.4, 0.5) is 5.69 Å². The summed E-state index contributed by atoms with van der Waals surface area (Å²) in [5.74, 6) is 1.20. The zero-order valence-electron chi connectivity index (χ0n) is 14.1. The normalized spacial score (nSPS) is 25.7. The summed E-state index contributed by atoms with van der Waals surface area (Å²) in [6.45, 7) is 9.53. The highest BCUT2D eigenvalue weighted by molar-refractivity contribution is 5.37. The number of rotatable bonds is 6. The smallest absolute Gasteiger partial charge is 0.273 e. The Morgan fingerprint density at radius 1 is 1.33 bits per heavy atom. The molecular weight excluding hydrogens is 310 g/mol. The fourth-order valence-corrected chi connectivity index (χ4v) is 3.59. The van der Waals surface area contributed by atoms with E-state index in [1.54, 1.807) is 12.1 Å². The Balaban J connectivity index is 1.45. The minimum atomic E-state index is -0.401. The van der Waals surface area contributed by atoms with E-state index in [1.165, 1.54) is 12.1 Å². The molecule has 2 aliphatic rings. The van der Waals surface area contributed by atoms with Gasteiger partial charge in [-0.3, -0.25) is 19.9 Å². The van der Waals surface area contributed by atoms with Gasteiger partial charge >= 0.3 is 0 Å². The number of nitro benzene ring substituents is 1. The van der Waals surface area contributed by atoms with Gasteiger partial charge in [-0.15, -0.1) is 0 Å². The molecule has 2 atom stereocenters. The SMILES string of the molecule is C[C@H]1CN(CCOc2cccc([N+](=O)[O-])c2)C[C@@H]1N1CCOCC1. The maximum absolute atomic E-state index is 10.8. The molecule has 2 aliphatic heterocycles. The second-order valence-corrected chi connectivity index (χ2v) is 6.56. The van der Waals surface area contributed by atoms with Crippen LogP contribution in [0.25, 0.3) is 0 Å². The van der Waals surface area contributed by atoms with Crippen molar-refractivity contribution in [2.75, 3.05) is 52.5 Å². The molecule has 1 aromatic rings. The lowest BCUT2D eigenvalue weighted by molar-refractivity contribution is -0.384. The summed E-state index contributed by atoms with van der Waals surface area (Å²) in [6, 6.07) is 6.95. The second-order valence-electron chi connectivity index (χ2n) is 6.56. The summed E-state index contributed by atoms with van der Waals surface area (Å²) in [4.78, 5) is 15.3. The highest BCUT2D eigenvalue weighted by atomic mass is 16.6. The molecular formula is C17H25N3O4. The van der Waals surface area contributed by atoms with Crippen molar-refractivity contribution in [3.63, 3.8) is 0 Å². The first-order chi connectivity index (χ1) is 11.6. The average molecular weight is 335 g/mol. The number of nitro groups is 1. The van der Waals surface area contributed by atoms with Gasteiger partial charge in [-0.25, -0.2) is 0 Å². The Morgan fingerprint density at radius 2 is 2.12 bits per heavy atom.